The summed E-state index contributed by atoms with van der Waals surface area (Å²) in [7, 11) is 0. The van der Waals surface area contributed by atoms with Gasteiger partial charge in [0.25, 0.3) is 0 Å². The summed E-state index contributed by atoms with van der Waals surface area (Å²) in [6.07, 6.45) is 0.541. The summed E-state index contributed by atoms with van der Waals surface area (Å²) in [5.41, 5.74) is 1.44. The fraction of sp³-hybridized carbons (Fsp3) is 0.357. The summed E-state index contributed by atoms with van der Waals surface area (Å²) < 4.78 is 20.5. The molecular formula is C14H14ClFN4O. The van der Waals surface area contributed by atoms with Gasteiger partial charge in [-0.05, 0) is 32.0 Å². The quantitative estimate of drug-likeness (QED) is 0.693. The number of hydrogen-bond donors (Lipinski definition) is 0. The van der Waals surface area contributed by atoms with Gasteiger partial charge in [0.2, 0.25) is 5.89 Å². The van der Waals surface area contributed by atoms with Gasteiger partial charge >= 0.3 is 0 Å². The van der Waals surface area contributed by atoms with Gasteiger partial charge in [0, 0.05) is 13.0 Å². The van der Waals surface area contributed by atoms with Crippen molar-refractivity contribution in [1.29, 1.82) is 0 Å². The van der Waals surface area contributed by atoms with Crippen LogP contribution in [0, 0.1) is 12.7 Å². The molecular weight excluding hydrogens is 295 g/mol. The van der Waals surface area contributed by atoms with Gasteiger partial charge in [-0.1, -0.05) is 5.16 Å². The lowest BCUT2D eigenvalue weighted by Gasteiger charge is -2.09. The van der Waals surface area contributed by atoms with E-state index in [1.165, 1.54) is 12.1 Å². The van der Waals surface area contributed by atoms with Crippen molar-refractivity contribution >= 4 is 22.6 Å². The van der Waals surface area contributed by atoms with E-state index in [0.717, 1.165) is 5.52 Å². The molecule has 0 saturated heterocycles. The van der Waals surface area contributed by atoms with Crippen LogP contribution in [0.25, 0.3) is 11.0 Å². The van der Waals surface area contributed by atoms with Gasteiger partial charge in [-0.2, -0.15) is 4.98 Å². The molecule has 0 aliphatic heterocycles. The van der Waals surface area contributed by atoms with Crippen molar-refractivity contribution in [1.82, 2.24) is 19.7 Å². The molecule has 5 nitrogen and oxygen atoms in total. The van der Waals surface area contributed by atoms with Crippen LogP contribution in [-0.4, -0.2) is 19.7 Å². The third kappa shape index (κ3) is 2.76. The molecule has 0 bridgehead atoms. The molecule has 0 spiro atoms. The first kappa shape index (κ1) is 14.0. The van der Waals surface area contributed by atoms with E-state index in [9.17, 15) is 4.39 Å². The van der Waals surface area contributed by atoms with Crippen molar-refractivity contribution in [2.45, 2.75) is 32.2 Å². The van der Waals surface area contributed by atoms with Gasteiger partial charge in [0.05, 0.1) is 16.4 Å². The molecule has 21 heavy (non-hydrogen) atoms. The Bertz CT molecular complexity index is 780. The van der Waals surface area contributed by atoms with Gasteiger partial charge in [0.15, 0.2) is 5.82 Å². The van der Waals surface area contributed by atoms with E-state index in [1.807, 2.05) is 11.5 Å². The average Bonchev–Trinajstić information content (AvgIpc) is 3.00. The van der Waals surface area contributed by atoms with Crippen molar-refractivity contribution in [3.8, 4) is 0 Å². The molecule has 0 radical (unpaired) electrons. The lowest BCUT2D eigenvalue weighted by molar-refractivity contribution is 0.368. The molecule has 0 N–H and O–H groups in total. The normalized spacial score (nSPS) is 13.0. The highest BCUT2D eigenvalue weighted by molar-refractivity contribution is 6.20. The van der Waals surface area contributed by atoms with E-state index in [1.54, 1.807) is 13.0 Å². The Hall–Kier alpha value is -1.95. The summed E-state index contributed by atoms with van der Waals surface area (Å²) in [5.74, 6) is 1.54. The lowest BCUT2D eigenvalue weighted by atomic mass is 10.3. The highest BCUT2D eigenvalue weighted by atomic mass is 35.5. The number of aryl methyl sites for hydroxylation is 3. The third-order valence-corrected chi connectivity index (χ3v) is 3.41. The van der Waals surface area contributed by atoms with Gasteiger partial charge in [-0.25, -0.2) is 9.37 Å². The minimum Gasteiger partial charge on any atom is -0.339 e. The van der Waals surface area contributed by atoms with Crippen LogP contribution < -0.4 is 0 Å². The Morgan fingerprint density at radius 1 is 1.38 bits per heavy atom. The van der Waals surface area contributed by atoms with Crippen LogP contribution >= 0.6 is 11.6 Å². The molecule has 3 rings (SSSR count). The second kappa shape index (κ2) is 5.44. The van der Waals surface area contributed by atoms with E-state index < -0.39 is 0 Å². The number of aromatic nitrogens is 4. The van der Waals surface area contributed by atoms with Gasteiger partial charge in [-0.15, -0.1) is 11.6 Å². The molecule has 3 aromatic rings. The molecule has 0 fully saturated rings. The van der Waals surface area contributed by atoms with E-state index in [-0.39, 0.29) is 11.2 Å². The molecule has 2 heterocycles. The largest absolute Gasteiger partial charge is 0.339 e. The zero-order valence-corrected chi connectivity index (χ0v) is 12.4. The lowest BCUT2D eigenvalue weighted by Crippen LogP contribution is -2.07. The van der Waals surface area contributed by atoms with Crippen molar-refractivity contribution in [3.63, 3.8) is 0 Å². The monoisotopic (exact) mass is 308 g/mol. The van der Waals surface area contributed by atoms with Crippen LogP contribution in [-0.2, 0) is 13.0 Å². The summed E-state index contributed by atoms with van der Waals surface area (Å²) in [6, 6.07) is 4.51. The van der Waals surface area contributed by atoms with Crippen molar-refractivity contribution in [3.05, 3.63) is 41.6 Å². The zero-order chi connectivity index (χ0) is 15.0. The number of imidazole rings is 1. The molecule has 0 saturated carbocycles. The Kier molecular flexibility index (Phi) is 3.63. The fourth-order valence-corrected chi connectivity index (χ4v) is 2.47. The number of alkyl halides is 1. The van der Waals surface area contributed by atoms with Gasteiger partial charge < -0.3 is 9.09 Å². The summed E-state index contributed by atoms with van der Waals surface area (Å²) in [4.78, 5) is 8.63. The molecule has 110 valence electrons. The molecule has 1 aromatic carbocycles. The first-order valence-corrected chi connectivity index (χ1v) is 7.07. The maximum absolute atomic E-state index is 13.5. The Morgan fingerprint density at radius 3 is 2.86 bits per heavy atom. The highest BCUT2D eigenvalue weighted by Crippen LogP contribution is 2.25. The zero-order valence-electron chi connectivity index (χ0n) is 11.7. The van der Waals surface area contributed by atoms with Crippen molar-refractivity contribution < 1.29 is 8.91 Å². The summed E-state index contributed by atoms with van der Waals surface area (Å²) in [6.45, 7) is 4.15. The van der Waals surface area contributed by atoms with E-state index in [0.29, 0.717) is 36.0 Å². The topological polar surface area (TPSA) is 56.7 Å². The average molecular weight is 309 g/mol. The Labute approximate surface area is 125 Å². The second-order valence-corrected chi connectivity index (χ2v) is 5.51. The SMILES string of the molecule is Cc1noc(CCn2c(C(C)Cl)nc3ccc(F)cc32)n1. The van der Waals surface area contributed by atoms with Crippen molar-refractivity contribution in [2.24, 2.45) is 0 Å². The van der Waals surface area contributed by atoms with Crippen LogP contribution in [0.2, 0.25) is 0 Å². The van der Waals surface area contributed by atoms with E-state index in [2.05, 4.69) is 15.1 Å². The predicted octanol–water partition coefficient (Wildman–Crippen LogP) is 3.41. The third-order valence-electron chi connectivity index (χ3n) is 3.21. The van der Waals surface area contributed by atoms with Crippen LogP contribution in [0.5, 0.6) is 0 Å². The molecule has 1 atom stereocenters. The predicted molar refractivity (Wildman–Crippen MR) is 76.7 cm³/mol. The molecule has 0 aliphatic rings. The van der Waals surface area contributed by atoms with Crippen molar-refractivity contribution in [2.75, 3.05) is 0 Å². The number of rotatable bonds is 4. The summed E-state index contributed by atoms with van der Waals surface area (Å²) in [5, 5.41) is 3.48. The highest BCUT2D eigenvalue weighted by Gasteiger charge is 2.16. The smallest absolute Gasteiger partial charge is 0.228 e. The maximum Gasteiger partial charge on any atom is 0.228 e. The minimum absolute atomic E-state index is 0.273. The van der Waals surface area contributed by atoms with E-state index >= 15 is 0 Å². The summed E-state index contributed by atoms with van der Waals surface area (Å²) >= 11 is 6.18. The Morgan fingerprint density at radius 2 is 2.19 bits per heavy atom. The van der Waals surface area contributed by atoms with Crippen LogP contribution in [0.4, 0.5) is 4.39 Å². The minimum atomic E-state index is -0.300. The first-order valence-electron chi connectivity index (χ1n) is 6.63. The second-order valence-electron chi connectivity index (χ2n) is 4.86. The molecule has 2 aromatic heterocycles. The molecule has 7 heteroatoms. The number of nitrogens with zero attached hydrogens (tertiary/aromatic N) is 4. The van der Waals surface area contributed by atoms with Crippen LogP contribution in [0.3, 0.4) is 0 Å². The standard InChI is InChI=1S/C14H14ClFN4O/c1-8(15)14-18-11-4-3-10(16)7-12(11)20(14)6-5-13-17-9(2)19-21-13/h3-4,7-8H,5-6H2,1-2H3. The molecule has 0 amide bonds. The fourth-order valence-electron chi connectivity index (χ4n) is 2.30. The van der Waals surface area contributed by atoms with Crippen LogP contribution in [0.1, 0.15) is 29.8 Å². The van der Waals surface area contributed by atoms with E-state index in [4.69, 9.17) is 16.1 Å². The number of fused-ring (bicyclic) bond motifs is 1. The first-order chi connectivity index (χ1) is 10.0. The maximum atomic E-state index is 13.5. The molecule has 0 aliphatic carbocycles. The van der Waals surface area contributed by atoms with Gasteiger partial charge in [0.1, 0.15) is 11.6 Å². The number of hydrogen-bond acceptors (Lipinski definition) is 4. The van der Waals surface area contributed by atoms with Gasteiger partial charge in [-0.3, -0.25) is 0 Å². The Balaban J connectivity index is 1.98. The van der Waals surface area contributed by atoms with Crippen LogP contribution in [0.15, 0.2) is 22.7 Å². The molecule has 1 unspecified atom stereocenters. The number of benzene rings is 1. The number of halogens is 2.